The normalized spacial score (nSPS) is 12.5. The number of hydrogen-bond acceptors (Lipinski definition) is 4. The molecule has 8 heteroatoms. The molecule has 0 saturated heterocycles. The van der Waals surface area contributed by atoms with E-state index in [1.165, 1.54) is 42.5 Å². The van der Waals surface area contributed by atoms with Gasteiger partial charge in [0.25, 0.3) is 17.7 Å². The predicted octanol–water partition coefficient (Wildman–Crippen LogP) is 3.31. The van der Waals surface area contributed by atoms with Crippen LogP contribution >= 0.6 is 0 Å². The van der Waals surface area contributed by atoms with E-state index >= 15 is 0 Å². The van der Waals surface area contributed by atoms with Crippen molar-refractivity contribution in [3.63, 3.8) is 0 Å². The van der Waals surface area contributed by atoms with E-state index in [2.05, 4.69) is 10.6 Å². The topological polar surface area (TPSA) is 95.6 Å². The SMILES string of the molecule is O=C(CN1C(=O)c2ccccc2C1=O)Nc1ccc(NC(=O)c2ccccc2F)cc1. The Balaban J connectivity index is 1.37. The number of hydrogen-bond donors (Lipinski definition) is 2. The fourth-order valence-electron chi connectivity index (χ4n) is 3.21. The molecule has 31 heavy (non-hydrogen) atoms. The van der Waals surface area contributed by atoms with Gasteiger partial charge in [0.1, 0.15) is 12.4 Å². The smallest absolute Gasteiger partial charge is 0.262 e. The minimum Gasteiger partial charge on any atom is -0.325 e. The Morgan fingerprint density at radius 2 is 1.26 bits per heavy atom. The van der Waals surface area contributed by atoms with E-state index in [-0.39, 0.29) is 16.7 Å². The summed E-state index contributed by atoms with van der Waals surface area (Å²) < 4.78 is 13.7. The number of carbonyl (C=O) groups excluding carboxylic acids is 4. The number of nitrogens with zero attached hydrogens (tertiary/aromatic N) is 1. The molecule has 1 aliphatic heterocycles. The molecular formula is C23H16FN3O4. The Morgan fingerprint density at radius 1 is 0.742 bits per heavy atom. The maximum Gasteiger partial charge on any atom is 0.262 e. The van der Waals surface area contributed by atoms with Crippen molar-refractivity contribution in [2.45, 2.75) is 0 Å². The maximum absolute atomic E-state index is 13.7. The molecule has 4 rings (SSSR count). The molecule has 2 N–H and O–H groups in total. The number of imide groups is 1. The Kier molecular flexibility index (Phi) is 5.28. The summed E-state index contributed by atoms with van der Waals surface area (Å²) in [5, 5.41) is 5.17. The zero-order valence-electron chi connectivity index (χ0n) is 16.1. The largest absolute Gasteiger partial charge is 0.325 e. The van der Waals surface area contributed by atoms with Crippen LogP contribution in [0.1, 0.15) is 31.1 Å². The van der Waals surface area contributed by atoms with Crippen molar-refractivity contribution in [2.75, 3.05) is 17.2 Å². The molecule has 1 heterocycles. The Labute approximate surface area is 176 Å². The molecule has 0 saturated carbocycles. The number of rotatable bonds is 5. The fraction of sp³-hybridized carbons (Fsp3) is 0.0435. The van der Waals surface area contributed by atoms with Crippen molar-refractivity contribution in [3.05, 3.63) is 95.3 Å². The third kappa shape index (κ3) is 4.04. The highest BCUT2D eigenvalue weighted by molar-refractivity contribution is 6.22. The van der Waals surface area contributed by atoms with Crippen molar-refractivity contribution in [2.24, 2.45) is 0 Å². The van der Waals surface area contributed by atoms with Gasteiger partial charge in [-0.2, -0.15) is 0 Å². The van der Waals surface area contributed by atoms with Gasteiger partial charge in [-0.15, -0.1) is 0 Å². The summed E-state index contributed by atoms with van der Waals surface area (Å²) in [5.41, 5.74) is 1.28. The highest BCUT2D eigenvalue weighted by atomic mass is 19.1. The third-order valence-electron chi connectivity index (χ3n) is 4.72. The first kappa shape index (κ1) is 20.0. The third-order valence-corrected chi connectivity index (χ3v) is 4.72. The zero-order valence-corrected chi connectivity index (χ0v) is 16.1. The molecule has 0 spiro atoms. The monoisotopic (exact) mass is 417 g/mol. The van der Waals surface area contributed by atoms with Crippen LogP contribution in [-0.4, -0.2) is 35.1 Å². The minimum atomic E-state index is -0.628. The fourth-order valence-corrected chi connectivity index (χ4v) is 3.21. The Bertz CT molecular complexity index is 1170. The van der Waals surface area contributed by atoms with Gasteiger partial charge in [-0.3, -0.25) is 24.1 Å². The summed E-state index contributed by atoms with van der Waals surface area (Å²) in [4.78, 5) is 50.1. The van der Waals surface area contributed by atoms with Crippen molar-refractivity contribution in [3.8, 4) is 0 Å². The summed E-state index contributed by atoms with van der Waals surface area (Å²) in [6, 6.07) is 18.2. The van der Waals surface area contributed by atoms with Crippen LogP contribution in [0.15, 0.2) is 72.8 Å². The van der Waals surface area contributed by atoms with Gasteiger partial charge in [0.2, 0.25) is 5.91 Å². The number of amides is 4. The van der Waals surface area contributed by atoms with E-state index < -0.39 is 36.0 Å². The standard InChI is InChI=1S/C23H16FN3O4/c24-19-8-4-3-7-18(19)21(29)26-15-11-9-14(10-12-15)25-20(28)13-27-22(30)16-5-1-2-6-17(16)23(27)31/h1-12H,13H2,(H,25,28)(H,26,29). The molecule has 0 radical (unpaired) electrons. The molecule has 0 atom stereocenters. The molecule has 0 aromatic heterocycles. The highest BCUT2D eigenvalue weighted by Gasteiger charge is 2.36. The molecule has 3 aromatic rings. The van der Waals surface area contributed by atoms with Gasteiger partial charge in [0.15, 0.2) is 0 Å². The van der Waals surface area contributed by atoms with Gasteiger partial charge < -0.3 is 10.6 Å². The first-order chi connectivity index (χ1) is 14.9. The second-order valence-electron chi connectivity index (χ2n) is 6.80. The van der Waals surface area contributed by atoms with Crippen LogP contribution in [-0.2, 0) is 4.79 Å². The van der Waals surface area contributed by atoms with Crippen molar-refractivity contribution >= 4 is 35.0 Å². The lowest BCUT2D eigenvalue weighted by molar-refractivity contribution is -0.116. The minimum absolute atomic E-state index is 0.0826. The number of anilines is 2. The van der Waals surface area contributed by atoms with Crippen molar-refractivity contribution in [1.82, 2.24) is 4.90 Å². The van der Waals surface area contributed by atoms with E-state index in [1.54, 1.807) is 30.3 Å². The second-order valence-corrected chi connectivity index (χ2v) is 6.80. The van der Waals surface area contributed by atoms with Crippen LogP contribution in [0.5, 0.6) is 0 Å². The average Bonchev–Trinajstić information content (AvgIpc) is 3.00. The van der Waals surface area contributed by atoms with Gasteiger partial charge in [-0.05, 0) is 48.5 Å². The molecule has 3 aromatic carbocycles. The van der Waals surface area contributed by atoms with Gasteiger partial charge in [-0.1, -0.05) is 24.3 Å². The predicted molar refractivity (Wildman–Crippen MR) is 111 cm³/mol. The molecule has 0 unspecified atom stereocenters. The summed E-state index contributed by atoms with van der Waals surface area (Å²) in [6.07, 6.45) is 0. The van der Waals surface area contributed by atoms with E-state index in [1.807, 2.05) is 0 Å². The number of nitrogens with one attached hydrogen (secondary N) is 2. The van der Waals surface area contributed by atoms with Crippen LogP contribution < -0.4 is 10.6 Å². The van der Waals surface area contributed by atoms with E-state index in [0.29, 0.717) is 11.4 Å². The van der Waals surface area contributed by atoms with Crippen LogP contribution in [0, 0.1) is 5.82 Å². The van der Waals surface area contributed by atoms with Crippen LogP contribution in [0.2, 0.25) is 0 Å². The summed E-state index contributed by atoms with van der Waals surface area (Å²) in [5.74, 6) is -2.79. The van der Waals surface area contributed by atoms with Crippen molar-refractivity contribution in [1.29, 1.82) is 0 Å². The van der Waals surface area contributed by atoms with Gasteiger partial charge in [0.05, 0.1) is 16.7 Å². The first-order valence-corrected chi connectivity index (χ1v) is 9.35. The summed E-state index contributed by atoms with van der Waals surface area (Å²) in [6.45, 7) is -0.419. The van der Waals surface area contributed by atoms with Gasteiger partial charge in [-0.25, -0.2) is 4.39 Å². The second kappa shape index (κ2) is 8.19. The van der Waals surface area contributed by atoms with E-state index in [0.717, 1.165) is 4.90 Å². The summed E-state index contributed by atoms with van der Waals surface area (Å²) >= 11 is 0. The number of fused-ring (bicyclic) bond motifs is 1. The molecule has 0 fully saturated rings. The number of benzene rings is 3. The first-order valence-electron chi connectivity index (χ1n) is 9.35. The molecule has 0 bridgehead atoms. The molecule has 0 aliphatic carbocycles. The molecule has 4 amide bonds. The number of carbonyl (C=O) groups is 4. The molecule has 154 valence electrons. The highest BCUT2D eigenvalue weighted by Crippen LogP contribution is 2.22. The van der Waals surface area contributed by atoms with Gasteiger partial charge in [0, 0.05) is 11.4 Å². The van der Waals surface area contributed by atoms with Crippen LogP contribution in [0.4, 0.5) is 15.8 Å². The lowest BCUT2D eigenvalue weighted by Gasteiger charge is -2.14. The quantitative estimate of drug-likeness (QED) is 0.623. The Morgan fingerprint density at radius 3 is 1.84 bits per heavy atom. The number of halogens is 1. The van der Waals surface area contributed by atoms with Crippen molar-refractivity contribution < 1.29 is 23.6 Å². The van der Waals surface area contributed by atoms with E-state index in [4.69, 9.17) is 0 Å². The Hall–Kier alpha value is -4.33. The zero-order chi connectivity index (χ0) is 22.0. The maximum atomic E-state index is 13.7. The van der Waals surface area contributed by atoms with Gasteiger partial charge >= 0.3 is 0 Å². The van der Waals surface area contributed by atoms with Crippen LogP contribution in [0.25, 0.3) is 0 Å². The molecule has 1 aliphatic rings. The average molecular weight is 417 g/mol. The summed E-state index contributed by atoms with van der Waals surface area (Å²) in [7, 11) is 0. The molecular weight excluding hydrogens is 401 g/mol. The lowest BCUT2D eigenvalue weighted by atomic mass is 10.1. The molecule has 7 nitrogen and oxygen atoms in total. The van der Waals surface area contributed by atoms with Crippen LogP contribution in [0.3, 0.4) is 0 Å². The lowest BCUT2D eigenvalue weighted by Crippen LogP contribution is -2.37. The van der Waals surface area contributed by atoms with E-state index in [9.17, 15) is 23.6 Å².